The number of rotatable bonds is 3. The first-order valence-electron chi connectivity index (χ1n) is 9.15. The first kappa shape index (κ1) is 19.2. The molecule has 0 radical (unpaired) electrons. The number of carbonyl (C=O) groups is 2. The Kier molecular flexibility index (Phi) is 5.42. The van der Waals surface area contributed by atoms with E-state index in [-0.39, 0.29) is 30.1 Å². The second-order valence-corrected chi connectivity index (χ2v) is 7.29. The van der Waals surface area contributed by atoms with Crippen LogP contribution in [0.5, 0.6) is 0 Å². The zero-order chi connectivity index (χ0) is 18.3. The number of amides is 2. The summed E-state index contributed by atoms with van der Waals surface area (Å²) in [5, 5.41) is 2.92. The molecule has 0 spiro atoms. The van der Waals surface area contributed by atoms with Crippen molar-refractivity contribution in [3.8, 4) is 0 Å². The molecule has 5 nitrogen and oxygen atoms in total. The molecule has 27 heavy (non-hydrogen) atoms. The molecule has 0 saturated heterocycles. The van der Waals surface area contributed by atoms with Crippen LogP contribution in [-0.2, 0) is 11.2 Å². The Morgan fingerprint density at radius 1 is 1.15 bits per heavy atom. The van der Waals surface area contributed by atoms with Crippen molar-refractivity contribution in [1.82, 2.24) is 0 Å². The third-order valence-electron chi connectivity index (χ3n) is 5.38. The Morgan fingerprint density at radius 3 is 2.52 bits per heavy atom. The summed E-state index contributed by atoms with van der Waals surface area (Å²) in [5.41, 5.74) is 10.1. The third-order valence-corrected chi connectivity index (χ3v) is 5.38. The van der Waals surface area contributed by atoms with Crippen molar-refractivity contribution in [1.29, 1.82) is 0 Å². The summed E-state index contributed by atoms with van der Waals surface area (Å²) < 4.78 is 0. The number of hydrogen-bond donors (Lipinski definition) is 2. The Bertz CT molecular complexity index is 866. The summed E-state index contributed by atoms with van der Waals surface area (Å²) in [4.78, 5) is 26.8. The van der Waals surface area contributed by atoms with Crippen LogP contribution in [0.25, 0.3) is 0 Å². The van der Waals surface area contributed by atoms with Gasteiger partial charge < -0.3 is 16.0 Å². The summed E-state index contributed by atoms with van der Waals surface area (Å²) in [7, 11) is 0. The highest BCUT2D eigenvalue weighted by Gasteiger charge is 2.39. The second kappa shape index (κ2) is 7.61. The summed E-state index contributed by atoms with van der Waals surface area (Å²) in [6.07, 6.45) is 2.76. The maximum Gasteiger partial charge on any atom is 0.258 e. The molecule has 2 aromatic carbocycles. The van der Waals surface area contributed by atoms with E-state index in [1.165, 1.54) is 0 Å². The first-order valence-corrected chi connectivity index (χ1v) is 9.15. The average Bonchev–Trinajstić information content (AvgIpc) is 3.39. The molecular weight excluding hydrogens is 362 g/mol. The van der Waals surface area contributed by atoms with Gasteiger partial charge in [-0.3, -0.25) is 9.59 Å². The van der Waals surface area contributed by atoms with E-state index in [1.54, 1.807) is 29.2 Å². The second-order valence-electron chi connectivity index (χ2n) is 7.29. The highest BCUT2D eigenvalue weighted by atomic mass is 35.5. The number of carbonyl (C=O) groups excluding carboxylic acids is 2. The lowest BCUT2D eigenvalue weighted by Crippen LogP contribution is -2.35. The molecule has 2 atom stereocenters. The summed E-state index contributed by atoms with van der Waals surface area (Å²) >= 11 is 0. The quantitative estimate of drug-likeness (QED) is 0.787. The van der Waals surface area contributed by atoms with E-state index in [0.29, 0.717) is 18.0 Å². The predicted molar refractivity (Wildman–Crippen MR) is 110 cm³/mol. The number of benzene rings is 2. The van der Waals surface area contributed by atoms with E-state index >= 15 is 0 Å². The molecule has 2 unspecified atom stereocenters. The van der Waals surface area contributed by atoms with Crippen LogP contribution in [0.15, 0.2) is 42.5 Å². The van der Waals surface area contributed by atoms with Crippen molar-refractivity contribution in [3.63, 3.8) is 0 Å². The molecule has 3 N–H and O–H groups in total. The minimum atomic E-state index is -0.0368. The van der Waals surface area contributed by atoms with Crippen LogP contribution in [-0.4, -0.2) is 18.4 Å². The van der Waals surface area contributed by atoms with Gasteiger partial charge in [-0.15, -0.1) is 12.4 Å². The van der Waals surface area contributed by atoms with E-state index in [0.717, 1.165) is 41.9 Å². The normalized spacial score (nSPS) is 20.3. The van der Waals surface area contributed by atoms with Gasteiger partial charge in [0.05, 0.1) is 0 Å². The molecule has 0 bridgehead atoms. The third kappa shape index (κ3) is 3.78. The molecule has 1 fully saturated rings. The summed E-state index contributed by atoms with van der Waals surface area (Å²) in [6, 6.07) is 12.9. The van der Waals surface area contributed by atoms with Gasteiger partial charge in [-0.2, -0.15) is 0 Å². The molecule has 142 valence electrons. The molecule has 2 aliphatic rings. The average molecular weight is 386 g/mol. The van der Waals surface area contributed by atoms with Crippen molar-refractivity contribution in [3.05, 3.63) is 53.6 Å². The predicted octanol–water partition coefficient (Wildman–Crippen LogP) is 3.88. The number of halogens is 1. The molecule has 1 heterocycles. The van der Waals surface area contributed by atoms with Crippen molar-refractivity contribution >= 4 is 41.3 Å². The molecule has 1 aliphatic carbocycles. The van der Waals surface area contributed by atoms with Crippen LogP contribution in [0.1, 0.15) is 35.7 Å². The Hall–Kier alpha value is -2.53. The Balaban J connectivity index is 0.00000210. The van der Waals surface area contributed by atoms with Gasteiger partial charge in [0.1, 0.15) is 0 Å². The lowest BCUT2D eigenvalue weighted by atomic mass is 9.99. The van der Waals surface area contributed by atoms with E-state index in [1.807, 2.05) is 18.2 Å². The van der Waals surface area contributed by atoms with Crippen molar-refractivity contribution < 1.29 is 9.59 Å². The number of nitrogens with zero attached hydrogens (tertiary/aromatic N) is 1. The van der Waals surface area contributed by atoms with Gasteiger partial charge in [0, 0.05) is 35.1 Å². The first-order chi connectivity index (χ1) is 12.5. The molecular formula is C21H24ClN3O2. The fourth-order valence-electron chi connectivity index (χ4n) is 3.64. The molecule has 1 aliphatic heterocycles. The Morgan fingerprint density at radius 2 is 1.85 bits per heavy atom. The molecule has 2 amide bonds. The lowest BCUT2D eigenvalue weighted by molar-refractivity contribution is -0.117. The smallest absolute Gasteiger partial charge is 0.258 e. The van der Waals surface area contributed by atoms with Crippen LogP contribution >= 0.6 is 12.4 Å². The number of nitrogen functional groups attached to an aromatic ring is 1. The number of anilines is 3. The number of nitrogens with two attached hydrogens (primary N) is 1. The monoisotopic (exact) mass is 385 g/mol. The molecule has 0 aromatic heterocycles. The van der Waals surface area contributed by atoms with Crippen LogP contribution in [0.4, 0.5) is 17.1 Å². The lowest BCUT2D eigenvalue weighted by Gasteiger charge is -2.30. The number of hydrogen-bond acceptors (Lipinski definition) is 3. The fraction of sp³-hybridized carbons (Fsp3) is 0.333. The molecule has 4 rings (SSSR count). The summed E-state index contributed by atoms with van der Waals surface area (Å²) in [6.45, 7) is 2.77. The van der Waals surface area contributed by atoms with Crippen LogP contribution in [0, 0.1) is 11.8 Å². The van der Waals surface area contributed by atoms with Crippen LogP contribution in [0.3, 0.4) is 0 Å². The van der Waals surface area contributed by atoms with Gasteiger partial charge in [0.25, 0.3) is 5.91 Å². The zero-order valence-electron chi connectivity index (χ0n) is 15.3. The topological polar surface area (TPSA) is 75.4 Å². The number of fused-ring (bicyclic) bond motifs is 1. The van der Waals surface area contributed by atoms with E-state index in [9.17, 15) is 9.59 Å². The molecule has 6 heteroatoms. The largest absolute Gasteiger partial charge is 0.398 e. The molecule has 1 saturated carbocycles. The van der Waals surface area contributed by atoms with E-state index < -0.39 is 0 Å². The standard InChI is InChI=1S/C21H23N3O2.ClH/c1-13-12-17(13)20(25)23-15-9-7-14(8-10-15)21(26)24-11-3-4-16-18(22)5-2-6-19(16)24;/h2,5-10,13,17H,3-4,11-12,22H2,1H3,(H,23,25);1H. The van der Waals surface area contributed by atoms with E-state index in [4.69, 9.17) is 5.73 Å². The van der Waals surface area contributed by atoms with Gasteiger partial charge >= 0.3 is 0 Å². The maximum absolute atomic E-state index is 13.0. The fourth-order valence-corrected chi connectivity index (χ4v) is 3.64. The van der Waals surface area contributed by atoms with Crippen LogP contribution in [0.2, 0.25) is 0 Å². The van der Waals surface area contributed by atoms with Crippen molar-refractivity contribution in [2.24, 2.45) is 11.8 Å². The minimum absolute atomic E-state index is 0. The van der Waals surface area contributed by atoms with Crippen LogP contribution < -0.4 is 16.0 Å². The Labute approximate surface area is 165 Å². The molecule has 2 aromatic rings. The van der Waals surface area contributed by atoms with Crippen molar-refractivity contribution in [2.75, 3.05) is 22.5 Å². The highest BCUT2D eigenvalue weighted by molar-refractivity contribution is 6.07. The minimum Gasteiger partial charge on any atom is -0.398 e. The zero-order valence-corrected chi connectivity index (χ0v) is 16.1. The van der Waals surface area contributed by atoms with Gasteiger partial charge in [-0.25, -0.2) is 0 Å². The highest BCUT2D eigenvalue weighted by Crippen LogP contribution is 2.38. The maximum atomic E-state index is 13.0. The SMILES string of the molecule is CC1CC1C(=O)Nc1ccc(C(=O)N2CCCc3c(N)cccc32)cc1.Cl. The van der Waals surface area contributed by atoms with Crippen molar-refractivity contribution in [2.45, 2.75) is 26.2 Å². The van der Waals surface area contributed by atoms with E-state index in [2.05, 4.69) is 12.2 Å². The number of nitrogens with one attached hydrogen (secondary N) is 1. The summed E-state index contributed by atoms with van der Waals surface area (Å²) in [5.74, 6) is 0.635. The van der Waals surface area contributed by atoms with Gasteiger partial charge in [0.15, 0.2) is 0 Å². The van der Waals surface area contributed by atoms with Gasteiger partial charge in [0.2, 0.25) is 5.91 Å². The van der Waals surface area contributed by atoms with Gasteiger partial charge in [-0.05, 0) is 67.1 Å². The van der Waals surface area contributed by atoms with Gasteiger partial charge in [-0.1, -0.05) is 13.0 Å².